The fraction of sp³-hybridized carbons (Fsp3) is 0.867. The molecule has 1 saturated heterocycles. The van der Waals surface area contributed by atoms with Crippen LogP contribution < -0.4 is 0 Å². The molecule has 0 saturated carbocycles. The Kier molecular flexibility index (Phi) is 4.88. The quantitative estimate of drug-likeness (QED) is 0.854. The minimum atomic E-state index is -0.733. The zero-order chi connectivity index (χ0) is 15.7. The molecule has 2 rings (SSSR count). The van der Waals surface area contributed by atoms with Gasteiger partial charge in [-0.2, -0.15) is 4.98 Å². The molecule has 1 aliphatic heterocycles. The maximum Gasteiger partial charge on any atom is 0.240 e. The fourth-order valence-electron chi connectivity index (χ4n) is 2.73. The molecule has 0 aromatic carbocycles. The van der Waals surface area contributed by atoms with Gasteiger partial charge in [0.1, 0.15) is 0 Å². The number of hydrogen-bond acceptors (Lipinski definition) is 5. The molecular formula is C15H27N3O2S. The molecule has 0 spiro atoms. The second-order valence-electron chi connectivity index (χ2n) is 6.91. The van der Waals surface area contributed by atoms with Crippen LogP contribution in [0.1, 0.15) is 59.2 Å². The van der Waals surface area contributed by atoms with Crippen molar-refractivity contribution in [3.8, 4) is 0 Å². The maximum absolute atomic E-state index is 12.3. The van der Waals surface area contributed by atoms with E-state index in [1.807, 2.05) is 0 Å². The Morgan fingerprint density at radius 1 is 1.33 bits per heavy atom. The molecular weight excluding hydrogens is 286 g/mol. The van der Waals surface area contributed by atoms with Crippen LogP contribution in [0.5, 0.6) is 0 Å². The van der Waals surface area contributed by atoms with Gasteiger partial charge in [-0.25, -0.2) is 0 Å². The molecule has 21 heavy (non-hydrogen) atoms. The normalized spacial score (nSPS) is 23.4. The van der Waals surface area contributed by atoms with E-state index in [1.54, 1.807) is 0 Å². The lowest BCUT2D eigenvalue weighted by molar-refractivity contribution is 0.200. The van der Waals surface area contributed by atoms with E-state index in [0.717, 1.165) is 37.5 Å². The standard InChI is InChI=1S/C15H27N3O2S/c1-6-15(7-2)11-18(8-9-21(15)19)10-12-16-13(17-20-12)14(3,4)5/h6-11H2,1-5H3/t21-/m0/s1. The molecule has 1 fully saturated rings. The van der Waals surface area contributed by atoms with Crippen molar-refractivity contribution >= 4 is 10.8 Å². The molecule has 0 unspecified atom stereocenters. The van der Waals surface area contributed by atoms with Crippen molar-refractivity contribution in [3.05, 3.63) is 11.7 Å². The maximum atomic E-state index is 12.3. The summed E-state index contributed by atoms with van der Waals surface area (Å²) in [5.41, 5.74) is -0.0955. The molecule has 6 heteroatoms. The van der Waals surface area contributed by atoms with Crippen LogP contribution in [0.25, 0.3) is 0 Å². The molecule has 5 nitrogen and oxygen atoms in total. The molecule has 0 aliphatic carbocycles. The lowest BCUT2D eigenvalue weighted by atomic mass is 9.96. The van der Waals surface area contributed by atoms with E-state index in [4.69, 9.17) is 4.52 Å². The monoisotopic (exact) mass is 313 g/mol. The van der Waals surface area contributed by atoms with Crippen molar-refractivity contribution in [2.24, 2.45) is 0 Å². The highest BCUT2D eigenvalue weighted by molar-refractivity contribution is 7.86. The minimum Gasteiger partial charge on any atom is -0.338 e. The van der Waals surface area contributed by atoms with E-state index in [2.05, 4.69) is 49.7 Å². The molecule has 1 aromatic rings. The Labute approximate surface area is 129 Å². The number of aromatic nitrogens is 2. The highest BCUT2D eigenvalue weighted by Crippen LogP contribution is 2.29. The zero-order valence-corrected chi connectivity index (χ0v) is 14.6. The number of nitrogens with zero attached hydrogens (tertiary/aromatic N) is 3. The van der Waals surface area contributed by atoms with E-state index >= 15 is 0 Å². The molecule has 0 radical (unpaired) electrons. The summed E-state index contributed by atoms with van der Waals surface area (Å²) < 4.78 is 17.6. The van der Waals surface area contributed by atoms with Crippen LogP contribution >= 0.6 is 0 Å². The molecule has 0 bridgehead atoms. The van der Waals surface area contributed by atoms with Gasteiger partial charge in [0.15, 0.2) is 5.82 Å². The van der Waals surface area contributed by atoms with Crippen LogP contribution in [0, 0.1) is 0 Å². The second-order valence-corrected chi connectivity index (χ2v) is 8.88. The third-order valence-electron chi connectivity index (χ3n) is 4.37. The van der Waals surface area contributed by atoms with Gasteiger partial charge in [-0.15, -0.1) is 0 Å². The lowest BCUT2D eigenvalue weighted by Crippen LogP contribution is -2.52. The summed E-state index contributed by atoms with van der Waals surface area (Å²) in [6, 6.07) is 0. The summed E-state index contributed by atoms with van der Waals surface area (Å²) in [7, 11) is -0.733. The largest absolute Gasteiger partial charge is 0.338 e. The Hall–Kier alpha value is -0.750. The topological polar surface area (TPSA) is 59.2 Å². The van der Waals surface area contributed by atoms with Crippen molar-refractivity contribution in [3.63, 3.8) is 0 Å². The van der Waals surface area contributed by atoms with Gasteiger partial charge < -0.3 is 4.52 Å². The van der Waals surface area contributed by atoms with Gasteiger partial charge >= 0.3 is 0 Å². The van der Waals surface area contributed by atoms with Crippen LogP contribution in [0.2, 0.25) is 0 Å². The van der Waals surface area contributed by atoms with Gasteiger partial charge in [-0.1, -0.05) is 39.8 Å². The van der Waals surface area contributed by atoms with Crippen molar-refractivity contribution in [2.45, 2.75) is 64.2 Å². The summed E-state index contributed by atoms with van der Waals surface area (Å²) in [4.78, 5) is 6.80. The van der Waals surface area contributed by atoms with Gasteiger partial charge in [0.25, 0.3) is 0 Å². The van der Waals surface area contributed by atoms with E-state index < -0.39 is 10.8 Å². The molecule has 120 valence electrons. The SMILES string of the molecule is CCC1(CC)CN(Cc2nc(C(C)(C)C)no2)CC[S@@]1=O. The molecule has 1 aromatic heterocycles. The van der Waals surface area contributed by atoms with Gasteiger partial charge in [0.2, 0.25) is 5.89 Å². The van der Waals surface area contributed by atoms with E-state index in [0.29, 0.717) is 12.4 Å². The Balaban J connectivity index is 2.07. The van der Waals surface area contributed by atoms with E-state index in [-0.39, 0.29) is 10.2 Å². The lowest BCUT2D eigenvalue weighted by Gasteiger charge is -2.40. The van der Waals surface area contributed by atoms with Gasteiger partial charge in [0.05, 0.1) is 11.3 Å². The fourth-order valence-corrected chi connectivity index (χ4v) is 4.56. The Bertz CT molecular complexity index is 503. The molecule has 0 N–H and O–H groups in total. The summed E-state index contributed by atoms with van der Waals surface area (Å²) in [6.07, 6.45) is 1.90. The van der Waals surface area contributed by atoms with Crippen molar-refractivity contribution in [1.29, 1.82) is 0 Å². The highest BCUT2D eigenvalue weighted by atomic mass is 32.2. The third kappa shape index (κ3) is 3.54. The molecule has 1 aliphatic rings. The number of hydrogen-bond donors (Lipinski definition) is 0. The number of rotatable bonds is 4. The van der Waals surface area contributed by atoms with E-state index in [1.165, 1.54) is 0 Å². The Morgan fingerprint density at radius 3 is 2.52 bits per heavy atom. The second kappa shape index (κ2) is 6.16. The van der Waals surface area contributed by atoms with Gasteiger partial charge in [0, 0.05) is 35.1 Å². The first-order valence-corrected chi connectivity index (χ1v) is 9.06. The smallest absolute Gasteiger partial charge is 0.240 e. The average molecular weight is 313 g/mol. The van der Waals surface area contributed by atoms with Crippen LogP contribution in [0.15, 0.2) is 4.52 Å². The minimum absolute atomic E-state index is 0.0782. The average Bonchev–Trinajstić information content (AvgIpc) is 2.90. The molecule has 0 amide bonds. The summed E-state index contributed by atoms with van der Waals surface area (Å²) in [5.74, 6) is 2.14. The molecule has 1 atom stereocenters. The van der Waals surface area contributed by atoms with Gasteiger partial charge in [-0.05, 0) is 12.8 Å². The van der Waals surface area contributed by atoms with E-state index in [9.17, 15) is 4.21 Å². The van der Waals surface area contributed by atoms with Crippen molar-refractivity contribution < 1.29 is 8.73 Å². The van der Waals surface area contributed by atoms with Crippen molar-refractivity contribution in [2.75, 3.05) is 18.8 Å². The van der Waals surface area contributed by atoms with Crippen LogP contribution in [-0.2, 0) is 22.8 Å². The van der Waals surface area contributed by atoms with Crippen LogP contribution in [0.3, 0.4) is 0 Å². The zero-order valence-electron chi connectivity index (χ0n) is 13.8. The van der Waals surface area contributed by atoms with Crippen molar-refractivity contribution in [1.82, 2.24) is 15.0 Å². The summed E-state index contributed by atoms with van der Waals surface area (Å²) in [6.45, 7) is 12.8. The first-order chi connectivity index (χ1) is 9.80. The Morgan fingerprint density at radius 2 is 2.00 bits per heavy atom. The molecule has 2 heterocycles. The predicted molar refractivity (Wildman–Crippen MR) is 84.6 cm³/mol. The highest BCUT2D eigenvalue weighted by Gasteiger charge is 2.39. The van der Waals surface area contributed by atoms with Crippen LogP contribution in [0.4, 0.5) is 0 Å². The van der Waals surface area contributed by atoms with Gasteiger partial charge in [-0.3, -0.25) is 9.11 Å². The predicted octanol–water partition coefficient (Wildman–Crippen LogP) is 2.49. The third-order valence-corrected chi connectivity index (χ3v) is 6.60. The summed E-state index contributed by atoms with van der Waals surface area (Å²) in [5, 5.41) is 4.07. The summed E-state index contributed by atoms with van der Waals surface area (Å²) >= 11 is 0. The first kappa shape index (κ1) is 16.6. The van der Waals surface area contributed by atoms with Crippen LogP contribution in [-0.4, -0.2) is 42.8 Å². The first-order valence-electron chi connectivity index (χ1n) is 7.74.